The Kier molecular flexibility index (Phi) is 7.17. The lowest BCUT2D eigenvalue weighted by molar-refractivity contribution is -0.137. The van der Waals surface area contributed by atoms with Crippen molar-refractivity contribution >= 4 is 23.3 Å². The van der Waals surface area contributed by atoms with Gasteiger partial charge in [0.05, 0.1) is 34.5 Å². The van der Waals surface area contributed by atoms with Gasteiger partial charge in [-0.3, -0.25) is 14.7 Å². The van der Waals surface area contributed by atoms with Crippen molar-refractivity contribution in [3.8, 4) is 6.07 Å². The van der Waals surface area contributed by atoms with Crippen LogP contribution in [-0.4, -0.2) is 48.0 Å². The van der Waals surface area contributed by atoms with Gasteiger partial charge in [-0.05, 0) is 55.0 Å². The number of halogens is 3. The van der Waals surface area contributed by atoms with E-state index in [1.165, 1.54) is 12.1 Å². The minimum atomic E-state index is -4.60. The Morgan fingerprint density at radius 3 is 2.30 bits per heavy atom. The predicted octanol–water partition coefficient (Wildman–Crippen LogP) is 4.87. The van der Waals surface area contributed by atoms with Gasteiger partial charge in [-0.25, -0.2) is 4.79 Å². The van der Waals surface area contributed by atoms with Gasteiger partial charge in [0, 0.05) is 50.0 Å². The third-order valence-corrected chi connectivity index (χ3v) is 7.11. The molecule has 1 aromatic heterocycles. The number of nitriles is 1. The molecule has 8 nitrogen and oxygen atoms in total. The summed E-state index contributed by atoms with van der Waals surface area (Å²) in [6.07, 6.45) is -1.19. The number of carbonyl (C=O) groups is 2. The van der Waals surface area contributed by atoms with Crippen molar-refractivity contribution in [2.45, 2.75) is 19.1 Å². The highest BCUT2D eigenvalue weighted by molar-refractivity contribution is 6.05. The van der Waals surface area contributed by atoms with Crippen molar-refractivity contribution in [3.63, 3.8) is 0 Å². The Balaban J connectivity index is 1.52. The molecule has 1 fully saturated rings. The number of nitrogens with one attached hydrogen (secondary N) is 1. The highest BCUT2D eigenvalue weighted by Gasteiger charge is 2.39. The summed E-state index contributed by atoms with van der Waals surface area (Å²) < 4.78 is 40.4. The molecule has 2 aliphatic rings. The van der Waals surface area contributed by atoms with E-state index in [1.807, 2.05) is 18.2 Å². The fraction of sp³-hybridized carbons (Fsp3) is 0.241. The van der Waals surface area contributed by atoms with E-state index in [1.54, 1.807) is 48.5 Å². The molecule has 0 aliphatic carbocycles. The van der Waals surface area contributed by atoms with Gasteiger partial charge in [-0.2, -0.15) is 18.4 Å². The highest BCUT2D eigenvalue weighted by Crippen LogP contribution is 2.37. The van der Waals surface area contributed by atoms with E-state index in [2.05, 4.69) is 15.2 Å². The monoisotopic (exact) mass is 546 g/mol. The first-order valence-electron chi connectivity index (χ1n) is 12.6. The summed E-state index contributed by atoms with van der Waals surface area (Å²) in [6.45, 7) is 3.54. The molecular formula is C29H25F3N6O2. The number of carbonyl (C=O) groups excluding carboxylic acids is 2. The van der Waals surface area contributed by atoms with Crippen LogP contribution in [0.4, 0.5) is 29.3 Å². The molecule has 3 heterocycles. The first kappa shape index (κ1) is 26.7. The summed E-state index contributed by atoms with van der Waals surface area (Å²) >= 11 is 0. The van der Waals surface area contributed by atoms with Crippen LogP contribution in [0.1, 0.15) is 29.7 Å². The number of amides is 3. The molecule has 204 valence electrons. The number of allylic oxidation sites excluding steroid dienone is 1. The van der Waals surface area contributed by atoms with E-state index < -0.39 is 23.8 Å². The number of anilines is 2. The van der Waals surface area contributed by atoms with Crippen LogP contribution in [-0.2, 0) is 11.0 Å². The third kappa shape index (κ3) is 5.20. The van der Waals surface area contributed by atoms with Gasteiger partial charge in [0.25, 0.3) is 5.91 Å². The van der Waals surface area contributed by atoms with Crippen LogP contribution in [0, 0.1) is 11.3 Å². The Morgan fingerprint density at radius 1 is 1.00 bits per heavy atom. The number of benzene rings is 2. The van der Waals surface area contributed by atoms with Gasteiger partial charge < -0.3 is 15.1 Å². The molecular weight excluding hydrogens is 521 g/mol. The number of alkyl halides is 3. The van der Waals surface area contributed by atoms with Gasteiger partial charge in [0.2, 0.25) is 0 Å². The molecule has 11 heteroatoms. The number of pyridine rings is 1. The molecule has 0 spiro atoms. The maximum Gasteiger partial charge on any atom is 0.416 e. The number of hydrogen-bond donors (Lipinski definition) is 1. The van der Waals surface area contributed by atoms with E-state index >= 15 is 0 Å². The van der Waals surface area contributed by atoms with Crippen LogP contribution in [0.2, 0.25) is 0 Å². The number of urea groups is 1. The van der Waals surface area contributed by atoms with Crippen LogP contribution in [0.5, 0.6) is 0 Å². The van der Waals surface area contributed by atoms with Crippen molar-refractivity contribution in [1.82, 2.24) is 15.2 Å². The molecule has 1 N–H and O–H groups in total. The van der Waals surface area contributed by atoms with Crippen molar-refractivity contribution < 1.29 is 22.8 Å². The number of nitrogens with zero attached hydrogens (tertiary/aromatic N) is 5. The molecule has 1 atom stereocenters. The molecule has 0 radical (unpaired) electrons. The summed E-state index contributed by atoms with van der Waals surface area (Å²) in [5.41, 5.74) is 1.56. The van der Waals surface area contributed by atoms with E-state index in [0.29, 0.717) is 37.3 Å². The Labute approximate surface area is 228 Å². The zero-order chi connectivity index (χ0) is 28.4. The predicted molar refractivity (Wildman–Crippen MR) is 142 cm³/mol. The summed E-state index contributed by atoms with van der Waals surface area (Å²) in [6, 6.07) is 15.3. The van der Waals surface area contributed by atoms with Crippen molar-refractivity contribution in [2.75, 3.05) is 36.0 Å². The largest absolute Gasteiger partial charge is 0.416 e. The van der Waals surface area contributed by atoms with Gasteiger partial charge in [-0.15, -0.1) is 0 Å². The van der Waals surface area contributed by atoms with Crippen molar-refractivity contribution in [2.24, 2.45) is 0 Å². The molecule has 40 heavy (non-hydrogen) atoms. The fourth-order valence-corrected chi connectivity index (χ4v) is 5.05. The molecule has 3 amide bonds. The van der Waals surface area contributed by atoms with Crippen LogP contribution < -0.4 is 15.1 Å². The fourth-order valence-electron chi connectivity index (χ4n) is 5.05. The van der Waals surface area contributed by atoms with Gasteiger partial charge in [-0.1, -0.05) is 18.2 Å². The van der Waals surface area contributed by atoms with E-state index in [0.717, 1.165) is 22.7 Å². The topological polar surface area (TPSA) is 92.6 Å². The lowest BCUT2D eigenvalue weighted by Crippen LogP contribution is -2.53. The van der Waals surface area contributed by atoms with Crippen molar-refractivity contribution in [1.29, 1.82) is 5.26 Å². The molecule has 3 aromatic rings. The van der Waals surface area contributed by atoms with E-state index in [4.69, 9.17) is 0 Å². The molecule has 0 saturated carbocycles. The molecule has 5 rings (SSSR count). The summed E-state index contributed by atoms with van der Waals surface area (Å²) in [7, 11) is 0. The molecule has 2 aromatic carbocycles. The number of rotatable bonds is 4. The SMILES string of the molecule is CC1=C(C(=O)N2CCN(c3ccncc3)CC2)C(c2ccc(C#N)cc2)NC(=O)N1c1cccc(C(F)(F)F)c1. The molecule has 1 unspecified atom stereocenters. The lowest BCUT2D eigenvalue weighted by atomic mass is 9.92. The summed E-state index contributed by atoms with van der Waals surface area (Å²) in [5.74, 6) is -0.321. The van der Waals surface area contributed by atoms with E-state index in [9.17, 15) is 28.0 Å². The molecule has 0 bridgehead atoms. The molecule has 1 saturated heterocycles. The average Bonchev–Trinajstić information content (AvgIpc) is 2.97. The number of piperazine rings is 1. The molecule has 2 aliphatic heterocycles. The zero-order valence-corrected chi connectivity index (χ0v) is 21.5. The van der Waals surface area contributed by atoms with Crippen LogP contribution in [0.25, 0.3) is 0 Å². The van der Waals surface area contributed by atoms with E-state index in [-0.39, 0.29) is 22.9 Å². The quantitative estimate of drug-likeness (QED) is 0.504. The first-order chi connectivity index (χ1) is 19.2. The summed E-state index contributed by atoms with van der Waals surface area (Å²) in [4.78, 5) is 36.4. The number of hydrogen-bond acceptors (Lipinski definition) is 5. The second-order valence-corrected chi connectivity index (χ2v) is 9.48. The third-order valence-electron chi connectivity index (χ3n) is 7.11. The first-order valence-corrected chi connectivity index (χ1v) is 12.6. The second-order valence-electron chi connectivity index (χ2n) is 9.48. The standard InChI is InChI=1S/C29H25F3N6O2/c1-19-25(27(39)37-15-13-36(14-16-37)23-9-11-34-12-10-23)26(21-7-5-20(18-33)6-8-21)35-28(40)38(19)24-4-2-3-22(17-24)29(30,31)32/h2-12,17,26H,13-16H2,1H3,(H,35,40). The smallest absolute Gasteiger partial charge is 0.368 e. The van der Waals surface area contributed by atoms with Gasteiger partial charge in [0.1, 0.15) is 0 Å². The van der Waals surface area contributed by atoms with Crippen LogP contribution >= 0.6 is 0 Å². The maximum absolute atomic E-state index is 14.1. The average molecular weight is 547 g/mol. The van der Waals surface area contributed by atoms with Crippen LogP contribution in [0.3, 0.4) is 0 Å². The Morgan fingerprint density at radius 2 is 1.68 bits per heavy atom. The number of aromatic nitrogens is 1. The van der Waals surface area contributed by atoms with Crippen LogP contribution in [0.15, 0.2) is 84.3 Å². The maximum atomic E-state index is 14.1. The Bertz CT molecular complexity index is 1490. The summed E-state index contributed by atoms with van der Waals surface area (Å²) in [5, 5.41) is 12.0. The van der Waals surface area contributed by atoms with Gasteiger partial charge >= 0.3 is 12.2 Å². The second kappa shape index (κ2) is 10.7. The highest BCUT2D eigenvalue weighted by atomic mass is 19.4. The zero-order valence-electron chi connectivity index (χ0n) is 21.5. The minimum Gasteiger partial charge on any atom is -0.368 e. The Hall–Kier alpha value is -4.85. The lowest BCUT2D eigenvalue weighted by Gasteiger charge is -2.40. The van der Waals surface area contributed by atoms with Gasteiger partial charge in [0.15, 0.2) is 0 Å². The normalized spacial score (nSPS) is 17.9. The van der Waals surface area contributed by atoms with Crippen molar-refractivity contribution in [3.05, 3.63) is 101 Å². The minimum absolute atomic E-state index is 0.00379.